The number of fused-ring (bicyclic) bond motifs is 1. The number of hydrogen-bond donors (Lipinski definition) is 2. The molecule has 1 atom stereocenters. The molecule has 0 radical (unpaired) electrons. The van der Waals surface area contributed by atoms with Gasteiger partial charge in [-0.2, -0.15) is 0 Å². The van der Waals surface area contributed by atoms with Gasteiger partial charge < -0.3 is 10.6 Å². The summed E-state index contributed by atoms with van der Waals surface area (Å²) in [6, 6.07) is 6.26. The summed E-state index contributed by atoms with van der Waals surface area (Å²) in [7, 11) is 0. The molecule has 3 nitrogen and oxygen atoms in total. The first-order chi connectivity index (χ1) is 7.56. The summed E-state index contributed by atoms with van der Waals surface area (Å²) in [5.41, 5.74) is 3.12. The van der Waals surface area contributed by atoms with E-state index in [1.165, 1.54) is 5.56 Å². The molecule has 86 valence electrons. The summed E-state index contributed by atoms with van der Waals surface area (Å²) in [5.74, 6) is 0.533. The van der Waals surface area contributed by atoms with Gasteiger partial charge in [-0.3, -0.25) is 4.79 Å². The van der Waals surface area contributed by atoms with Crippen LogP contribution in [0.5, 0.6) is 0 Å². The van der Waals surface area contributed by atoms with Crippen molar-refractivity contribution < 1.29 is 4.79 Å². The van der Waals surface area contributed by atoms with Crippen LogP contribution in [0, 0.1) is 12.8 Å². The lowest BCUT2D eigenvalue weighted by Crippen LogP contribution is -2.27. The van der Waals surface area contributed by atoms with Gasteiger partial charge in [0.2, 0.25) is 5.91 Å². The van der Waals surface area contributed by atoms with Gasteiger partial charge in [0.1, 0.15) is 0 Å². The molecule has 0 aliphatic carbocycles. The van der Waals surface area contributed by atoms with E-state index < -0.39 is 0 Å². The van der Waals surface area contributed by atoms with Crippen LogP contribution >= 0.6 is 0 Å². The summed E-state index contributed by atoms with van der Waals surface area (Å²) >= 11 is 0. The Hall–Kier alpha value is -1.51. The van der Waals surface area contributed by atoms with Crippen LogP contribution in [0.3, 0.4) is 0 Å². The summed E-state index contributed by atoms with van der Waals surface area (Å²) in [6.07, 6.45) is 0.533. The standard InChI is InChI=1S/C13H18N2O/c1-8(2)11-7-13(16)15-10-5-4-9(3)6-12(10)14-11/h4-6,8,11,14H,7H2,1-3H3,(H,15,16). The number of carbonyl (C=O) groups excluding carboxylic acids is 1. The van der Waals surface area contributed by atoms with Crippen LogP contribution < -0.4 is 10.6 Å². The number of anilines is 2. The molecule has 2 rings (SSSR count). The first kappa shape index (κ1) is 11.0. The lowest BCUT2D eigenvalue weighted by molar-refractivity contribution is -0.116. The Kier molecular flexibility index (Phi) is 2.86. The van der Waals surface area contributed by atoms with E-state index in [0.717, 1.165) is 11.4 Å². The van der Waals surface area contributed by atoms with E-state index in [4.69, 9.17) is 0 Å². The number of nitrogens with one attached hydrogen (secondary N) is 2. The fourth-order valence-electron chi connectivity index (χ4n) is 1.94. The van der Waals surface area contributed by atoms with Gasteiger partial charge in [0.05, 0.1) is 11.4 Å². The Morgan fingerprint density at radius 3 is 2.75 bits per heavy atom. The summed E-state index contributed by atoms with van der Waals surface area (Å²) in [6.45, 7) is 6.32. The topological polar surface area (TPSA) is 41.1 Å². The summed E-state index contributed by atoms with van der Waals surface area (Å²) in [4.78, 5) is 11.7. The van der Waals surface area contributed by atoms with Gasteiger partial charge in [-0.1, -0.05) is 19.9 Å². The molecular weight excluding hydrogens is 200 g/mol. The van der Waals surface area contributed by atoms with Gasteiger partial charge in [-0.15, -0.1) is 0 Å². The molecule has 1 aliphatic rings. The fraction of sp³-hybridized carbons (Fsp3) is 0.462. The zero-order valence-electron chi connectivity index (χ0n) is 10.0. The van der Waals surface area contributed by atoms with Crippen LogP contribution in [-0.2, 0) is 4.79 Å². The Balaban J connectivity index is 2.36. The Bertz CT molecular complexity index is 412. The van der Waals surface area contributed by atoms with Gasteiger partial charge in [0.25, 0.3) is 0 Å². The highest BCUT2D eigenvalue weighted by Crippen LogP contribution is 2.28. The zero-order chi connectivity index (χ0) is 11.7. The second kappa shape index (κ2) is 4.16. The van der Waals surface area contributed by atoms with E-state index >= 15 is 0 Å². The van der Waals surface area contributed by atoms with Crippen molar-refractivity contribution >= 4 is 17.3 Å². The molecule has 1 unspecified atom stereocenters. The minimum absolute atomic E-state index is 0.0915. The molecule has 1 aliphatic heterocycles. The maximum Gasteiger partial charge on any atom is 0.226 e. The number of amides is 1. The van der Waals surface area contributed by atoms with Gasteiger partial charge >= 0.3 is 0 Å². The van der Waals surface area contributed by atoms with E-state index in [1.807, 2.05) is 12.1 Å². The third-order valence-corrected chi connectivity index (χ3v) is 3.00. The van der Waals surface area contributed by atoms with Crippen LogP contribution in [0.2, 0.25) is 0 Å². The molecule has 0 fully saturated rings. The first-order valence-corrected chi connectivity index (χ1v) is 5.73. The van der Waals surface area contributed by atoms with Crippen molar-refractivity contribution in [2.75, 3.05) is 10.6 Å². The second-order valence-corrected chi connectivity index (χ2v) is 4.80. The lowest BCUT2D eigenvalue weighted by atomic mass is 10.0. The molecular formula is C13H18N2O. The van der Waals surface area contributed by atoms with Crippen molar-refractivity contribution in [1.82, 2.24) is 0 Å². The molecule has 2 N–H and O–H groups in total. The number of benzene rings is 1. The van der Waals surface area contributed by atoms with Gasteiger partial charge in [-0.05, 0) is 30.5 Å². The van der Waals surface area contributed by atoms with E-state index in [0.29, 0.717) is 12.3 Å². The molecule has 1 aromatic carbocycles. The lowest BCUT2D eigenvalue weighted by Gasteiger charge is -2.20. The number of carbonyl (C=O) groups is 1. The molecule has 0 saturated carbocycles. The predicted molar refractivity (Wildman–Crippen MR) is 66.7 cm³/mol. The fourth-order valence-corrected chi connectivity index (χ4v) is 1.94. The first-order valence-electron chi connectivity index (χ1n) is 5.73. The highest BCUT2D eigenvalue weighted by atomic mass is 16.1. The van der Waals surface area contributed by atoms with Crippen LogP contribution in [0.15, 0.2) is 18.2 Å². The quantitative estimate of drug-likeness (QED) is 0.761. The van der Waals surface area contributed by atoms with Crippen molar-refractivity contribution in [2.45, 2.75) is 33.2 Å². The highest BCUT2D eigenvalue weighted by molar-refractivity contribution is 5.96. The smallest absolute Gasteiger partial charge is 0.226 e. The SMILES string of the molecule is Cc1ccc2c(c1)NC(C(C)C)CC(=O)N2. The van der Waals surface area contributed by atoms with Crippen molar-refractivity contribution in [3.05, 3.63) is 23.8 Å². The van der Waals surface area contributed by atoms with Gasteiger partial charge in [0.15, 0.2) is 0 Å². The van der Waals surface area contributed by atoms with Crippen LogP contribution in [0.25, 0.3) is 0 Å². The van der Waals surface area contributed by atoms with Crippen LogP contribution in [0.1, 0.15) is 25.8 Å². The number of hydrogen-bond acceptors (Lipinski definition) is 2. The maximum absolute atomic E-state index is 11.7. The van der Waals surface area contributed by atoms with Crippen molar-refractivity contribution in [3.63, 3.8) is 0 Å². The third kappa shape index (κ3) is 2.18. The average Bonchev–Trinajstić information content (AvgIpc) is 2.36. The van der Waals surface area contributed by atoms with E-state index in [-0.39, 0.29) is 11.9 Å². The molecule has 1 amide bonds. The normalized spacial score (nSPS) is 19.8. The molecule has 0 saturated heterocycles. The monoisotopic (exact) mass is 218 g/mol. The maximum atomic E-state index is 11.7. The molecule has 16 heavy (non-hydrogen) atoms. The molecule has 3 heteroatoms. The highest BCUT2D eigenvalue weighted by Gasteiger charge is 2.22. The Labute approximate surface area is 96.2 Å². The minimum Gasteiger partial charge on any atom is -0.380 e. The number of aryl methyl sites for hydroxylation is 1. The minimum atomic E-state index is 0.0915. The molecule has 1 heterocycles. The van der Waals surface area contributed by atoms with Gasteiger partial charge in [0, 0.05) is 12.5 Å². The van der Waals surface area contributed by atoms with Crippen molar-refractivity contribution in [1.29, 1.82) is 0 Å². The summed E-state index contributed by atoms with van der Waals surface area (Å²) < 4.78 is 0. The Morgan fingerprint density at radius 2 is 2.06 bits per heavy atom. The molecule has 0 bridgehead atoms. The van der Waals surface area contributed by atoms with E-state index in [1.54, 1.807) is 0 Å². The van der Waals surface area contributed by atoms with Gasteiger partial charge in [-0.25, -0.2) is 0 Å². The Morgan fingerprint density at radius 1 is 1.31 bits per heavy atom. The van der Waals surface area contributed by atoms with E-state index in [9.17, 15) is 4.79 Å². The van der Waals surface area contributed by atoms with Crippen LogP contribution in [-0.4, -0.2) is 11.9 Å². The molecule has 0 aromatic heterocycles. The average molecular weight is 218 g/mol. The third-order valence-electron chi connectivity index (χ3n) is 3.00. The zero-order valence-corrected chi connectivity index (χ0v) is 10.0. The van der Waals surface area contributed by atoms with Crippen LogP contribution in [0.4, 0.5) is 11.4 Å². The molecule has 0 spiro atoms. The second-order valence-electron chi connectivity index (χ2n) is 4.80. The molecule has 1 aromatic rings. The van der Waals surface area contributed by atoms with Crippen molar-refractivity contribution in [2.24, 2.45) is 5.92 Å². The predicted octanol–water partition coefficient (Wildman–Crippen LogP) is 2.77. The summed E-state index contributed by atoms with van der Waals surface area (Å²) in [5, 5.41) is 6.38. The number of rotatable bonds is 1. The van der Waals surface area contributed by atoms with E-state index in [2.05, 4.69) is 37.5 Å². The van der Waals surface area contributed by atoms with Crippen molar-refractivity contribution in [3.8, 4) is 0 Å². The largest absolute Gasteiger partial charge is 0.380 e.